The molecule has 4 aromatic rings. The zero-order valence-electron chi connectivity index (χ0n) is 14.7. The van der Waals surface area contributed by atoms with Gasteiger partial charge in [0.05, 0.1) is 10.3 Å². The number of aromatic nitrogens is 2. The van der Waals surface area contributed by atoms with E-state index >= 15 is 0 Å². The molecule has 4 rings (SSSR count). The minimum atomic E-state index is -3.32. The lowest BCUT2D eigenvalue weighted by Crippen LogP contribution is -1.97. The van der Waals surface area contributed by atoms with Gasteiger partial charge in [0.15, 0.2) is 9.84 Å². The van der Waals surface area contributed by atoms with Crippen LogP contribution in [0.25, 0.3) is 21.3 Å². The Labute approximate surface area is 161 Å². The van der Waals surface area contributed by atoms with E-state index in [4.69, 9.17) is 4.74 Å². The van der Waals surface area contributed by atoms with Crippen LogP contribution >= 0.6 is 11.3 Å². The van der Waals surface area contributed by atoms with Crippen LogP contribution in [0, 0.1) is 6.92 Å². The summed E-state index contributed by atoms with van der Waals surface area (Å²) in [6.45, 7) is 2.04. The molecule has 2 aromatic carbocycles. The molecule has 0 unspecified atom stereocenters. The van der Waals surface area contributed by atoms with Crippen LogP contribution in [-0.2, 0) is 9.84 Å². The van der Waals surface area contributed by atoms with Gasteiger partial charge in [0.1, 0.15) is 16.9 Å². The molecule has 27 heavy (non-hydrogen) atoms. The van der Waals surface area contributed by atoms with Gasteiger partial charge in [0.2, 0.25) is 5.88 Å². The molecule has 0 saturated heterocycles. The second-order valence-electron chi connectivity index (χ2n) is 6.22. The van der Waals surface area contributed by atoms with Crippen molar-refractivity contribution in [3.8, 4) is 22.8 Å². The maximum atomic E-state index is 11.8. The lowest BCUT2D eigenvalue weighted by Gasteiger charge is -2.09. The fourth-order valence-electron chi connectivity index (χ4n) is 2.75. The first-order valence-electron chi connectivity index (χ1n) is 8.19. The summed E-state index contributed by atoms with van der Waals surface area (Å²) >= 11 is 1.52. The second-order valence-corrected chi connectivity index (χ2v) is 9.10. The molecule has 0 bridgehead atoms. The standard InChI is InChI=1S/C20H16N2O3S2/c1-13-6-8-14(9-7-13)17-11-26-20-18(17)19(21-12-22-20)25-15-4-3-5-16(10-15)27(2,23)24/h3-12H,1-2H3. The highest BCUT2D eigenvalue weighted by Gasteiger charge is 2.16. The molecule has 2 aromatic heterocycles. The molecule has 7 heteroatoms. The third-order valence-electron chi connectivity index (χ3n) is 4.15. The van der Waals surface area contributed by atoms with E-state index in [0.29, 0.717) is 11.6 Å². The number of sulfone groups is 1. The van der Waals surface area contributed by atoms with Crippen LogP contribution in [0.3, 0.4) is 0 Å². The largest absolute Gasteiger partial charge is 0.438 e. The maximum Gasteiger partial charge on any atom is 0.231 e. The fourth-order valence-corrected chi connectivity index (χ4v) is 4.31. The van der Waals surface area contributed by atoms with E-state index in [9.17, 15) is 8.42 Å². The van der Waals surface area contributed by atoms with E-state index in [1.54, 1.807) is 18.2 Å². The van der Waals surface area contributed by atoms with Gasteiger partial charge in [-0.1, -0.05) is 35.9 Å². The topological polar surface area (TPSA) is 69.2 Å². The lowest BCUT2D eigenvalue weighted by molar-refractivity contribution is 0.466. The Kier molecular flexibility index (Phi) is 4.41. The fraction of sp³-hybridized carbons (Fsp3) is 0.100. The minimum Gasteiger partial charge on any atom is -0.438 e. The third kappa shape index (κ3) is 3.56. The Bertz CT molecular complexity index is 1230. The summed E-state index contributed by atoms with van der Waals surface area (Å²) in [4.78, 5) is 9.65. The predicted molar refractivity (Wildman–Crippen MR) is 107 cm³/mol. The van der Waals surface area contributed by atoms with Crippen LogP contribution in [0.1, 0.15) is 5.56 Å². The number of nitrogens with zero attached hydrogens (tertiary/aromatic N) is 2. The molecule has 136 valence electrons. The van der Waals surface area contributed by atoms with Gasteiger partial charge >= 0.3 is 0 Å². The van der Waals surface area contributed by atoms with Crippen molar-refractivity contribution in [2.45, 2.75) is 11.8 Å². The summed E-state index contributed by atoms with van der Waals surface area (Å²) in [5.74, 6) is 0.821. The zero-order valence-corrected chi connectivity index (χ0v) is 16.3. The van der Waals surface area contributed by atoms with Gasteiger partial charge in [-0.3, -0.25) is 0 Å². The Balaban J connectivity index is 1.81. The highest BCUT2D eigenvalue weighted by molar-refractivity contribution is 7.90. The van der Waals surface area contributed by atoms with Crippen molar-refractivity contribution < 1.29 is 13.2 Å². The number of benzene rings is 2. The van der Waals surface area contributed by atoms with Crippen molar-refractivity contribution >= 4 is 31.4 Å². The van der Waals surface area contributed by atoms with Crippen molar-refractivity contribution in [3.05, 3.63) is 65.8 Å². The van der Waals surface area contributed by atoms with Crippen molar-refractivity contribution in [3.63, 3.8) is 0 Å². The first-order chi connectivity index (χ1) is 12.9. The monoisotopic (exact) mass is 396 g/mol. The van der Waals surface area contributed by atoms with E-state index in [2.05, 4.69) is 34.2 Å². The molecule has 0 spiro atoms. The SMILES string of the molecule is Cc1ccc(-c2csc3ncnc(Oc4cccc(S(C)(=O)=O)c4)c23)cc1. The number of fused-ring (bicyclic) bond motifs is 1. The second kappa shape index (κ2) is 6.75. The Morgan fingerprint density at radius 2 is 1.81 bits per heavy atom. The molecule has 0 aliphatic heterocycles. The van der Waals surface area contributed by atoms with Crippen molar-refractivity contribution in [2.24, 2.45) is 0 Å². The average molecular weight is 396 g/mol. The Morgan fingerprint density at radius 3 is 2.56 bits per heavy atom. The van der Waals surface area contributed by atoms with Crippen LogP contribution in [0.2, 0.25) is 0 Å². The quantitative estimate of drug-likeness (QED) is 0.493. The van der Waals surface area contributed by atoms with Gasteiger partial charge < -0.3 is 4.74 Å². The first kappa shape index (κ1) is 17.6. The van der Waals surface area contributed by atoms with Crippen LogP contribution < -0.4 is 4.74 Å². The lowest BCUT2D eigenvalue weighted by atomic mass is 10.0. The predicted octanol–water partition coefficient (Wildman–Crippen LogP) is 4.86. The summed E-state index contributed by atoms with van der Waals surface area (Å²) in [7, 11) is -3.32. The van der Waals surface area contributed by atoms with Crippen LogP contribution in [0.4, 0.5) is 0 Å². The molecule has 0 aliphatic carbocycles. The van der Waals surface area contributed by atoms with Crippen LogP contribution in [0.15, 0.2) is 65.1 Å². The number of aryl methyl sites for hydroxylation is 1. The van der Waals surface area contributed by atoms with E-state index in [0.717, 1.165) is 21.3 Å². The molecule has 0 N–H and O–H groups in total. The molecule has 5 nitrogen and oxygen atoms in total. The number of thiophene rings is 1. The number of rotatable bonds is 4. The van der Waals surface area contributed by atoms with Gasteiger partial charge in [-0.15, -0.1) is 11.3 Å². The van der Waals surface area contributed by atoms with Crippen molar-refractivity contribution in [1.29, 1.82) is 0 Å². The average Bonchev–Trinajstić information content (AvgIpc) is 3.07. The molecule has 0 aliphatic rings. The van der Waals surface area contributed by atoms with Gasteiger partial charge in [-0.2, -0.15) is 0 Å². The number of ether oxygens (including phenoxy) is 1. The number of hydrogen-bond donors (Lipinski definition) is 0. The van der Waals surface area contributed by atoms with Gasteiger partial charge in [-0.25, -0.2) is 18.4 Å². The Morgan fingerprint density at radius 1 is 1.04 bits per heavy atom. The molecule has 0 radical (unpaired) electrons. The summed E-state index contributed by atoms with van der Waals surface area (Å²) in [5, 5.41) is 2.85. The van der Waals surface area contributed by atoms with E-state index in [1.165, 1.54) is 35.5 Å². The molecular formula is C20H16N2O3S2. The van der Waals surface area contributed by atoms with E-state index < -0.39 is 9.84 Å². The molecule has 2 heterocycles. The molecule has 0 fully saturated rings. The van der Waals surface area contributed by atoms with Gasteiger partial charge in [-0.05, 0) is 30.7 Å². The first-order valence-corrected chi connectivity index (χ1v) is 11.0. The summed E-state index contributed by atoms with van der Waals surface area (Å²) < 4.78 is 29.6. The summed E-state index contributed by atoms with van der Waals surface area (Å²) in [6, 6.07) is 14.6. The van der Waals surface area contributed by atoms with Crippen LogP contribution in [-0.4, -0.2) is 24.6 Å². The van der Waals surface area contributed by atoms with Crippen LogP contribution in [0.5, 0.6) is 11.6 Å². The molecule has 0 amide bonds. The highest BCUT2D eigenvalue weighted by atomic mass is 32.2. The summed E-state index contributed by atoms with van der Waals surface area (Å²) in [5.41, 5.74) is 3.23. The minimum absolute atomic E-state index is 0.203. The van der Waals surface area contributed by atoms with E-state index in [1.807, 2.05) is 12.3 Å². The van der Waals surface area contributed by atoms with E-state index in [-0.39, 0.29) is 4.90 Å². The van der Waals surface area contributed by atoms with Crippen molar-refractivity contribution in [1.82, 2.24) is 9.97 Å². The summed E-state index contributed by atoms with van der Waals surface area (Å²) in [6.07, 6.45) is 2.62. The van der Waals surface area contributed by atoms with Gasteiger partial charge in [0.25, 0.3) is 0 Å². The molecule has 0 atom stereocenters. The van der Waals surface area contributed by atoms with Crippen molar-refractivity contribution in [2.75, 3.05) is 6.26 Å². The number of hydrogen-bond acceptors (Lipinski definition) is 6. The molecule has 0 saturated carbocycles. The smallest absolute Gasteiger partial charge is 0.231 e. The zero-order chi connectivity index (χ0) is 19.0. The molecular weight excluding hydrogens is 380 g/mol. The maximum absolute atomic E-state index is 11.8. The third-order valence-corrected chi connectivity index (χ3v) is 6.14. The highest BCUT2D eigenvalue weighted by Crippen LogP contribution is 2.39. The van der Waals surface area contributed by atoms with Gasteiger partial charge in [0, 0.05) is 17.2 Å². The normalized spacial score (nSPS) is 11.6. The Hall–Kier alpha value is -2.77.